The molecule has 0 spiro atoms. The van der Waals surface area contributed by atoms with Crippen LogP contribution in [0.1, 0.15) is 27.0 Å². The fourth-order valence-corrected chi connectivity index (χ4v) is 3.01. The van der Waals surface area contributed by atoms with Crippen LogP contribution in [0.25, 0.3) is 0 Å². The van der Waals surface area contributed by atoms with Gasteiger partial charge in [0.05, 0.1) is 14.1 Å². The van der Waals surface area contributed by atoms with Crippen LogP contribution in [0.4, 0.5) is 0 Å². The quantitative estimate of drug-likeness (QED) is 0.816. The normalized spacial score (nSPS) is 10.8. The molecule has 1 amide bonds. The van der Waals surface area contributed by atoms with Crippen molar-refractivity contribution < 1.29 is 9.69 Å². The molecule has 0 aliphatic rings. The van der Waals surface area contributed by atoms with Crippen LogP contribution < -0.4 is 10.2 Å². The smallest absolute Gasteiger partial charge is 0.251 e. The predicted octanol–water partition coefficient (Wildman–Crippen LogP) is 2.12. The number of rotatable bonds is 7. The maximum Gasteiger partial charge on any atom is 0.251 e. The summed E-state index contributed by atoms with van der Waals surface area (Å²) >= 11 is 1.78. The Morgan fingerprint density at radius 1 is 1.04 bits per heavy atom. The second-order valence-corrected chi connectivity index (χ2v) is 6.83. The van der Waals surface area contributed by atoms with Gasteiger partial charge in [-0.3, -0.25) is 4.79 Å². The first-order valence-electron chi connectivity index (χ1n) is 7.82. The average Bonchev–Trinajstić information content (AvgIpc) is 2.54. The van der Waals surface area contributed by atoms with Gasteiger partial charge in [-0.1, -0.05) is 36.4 Å². The molecule has 2 aromatic carbocycles. The van der Waals surface area contributed by atoms with Crippen molar-refractivity contribution in [3.63, 3.8) is 0 Å². The van der Waals surface area contributed by atoms with Gasteiger partial charge in [-0.05, 0) is 29.5 Å². The number of hydrogen-bond donors (Lipinski definition) is 2. The van der Waals surface area contributed by atoms with E-state index in [4.69, 9.17) is 0 Å². The Bertz CT molecular complexity index is 638. The molecule has 3 nitrogen and oxygen atoms in total. The van der Waals surface area contributed by atoms with E-state index in [1.54, 1.807) is 11.8 Å². The first kappa shape index (κ1) is 17.6. The third kappa shape index (κ3) is 5.41. The fourth-order valence-electron chi connectivity index (χ4n) is 2.48. The molecule has 0 unspecified atom stereocenters. The number of quaternary nitrogens is 1. The van der Waals surface area contributed by atoms with Crippen molar-refractivity contribution in [3.8, 4) is 0 Å². The van der Waals surface area contributed by atoms with Crippen LogP contribution in [-0.4, -0.2) is 26.3 Å². The minimum absolute atomic E-state index is 0.0206. The molecule has 0 saturated carbocycles. The summed E-state index contributed by atoms with van der Waals surface area (Å²) < 4.78 is 0. The molecule has 0 bridgehead atoms. The lowest BCUT2D eigenvalue weighted by molar-refractivity contribution is -0.872. The van der Waals surface area contributed by atoms with Gasteiger partial charge in [-0.2, -0.15) is 11.8 Å². The maximum absolute atomic E-state index is 12.3. The largest absolute Gasteiger partial charge is 0.348 e. The summed E-state index contributed by atoms with van der Waals surface area (Å²) in [5.41, 5.74) is 4.42. The van der Waals surface area contributed by atoms with Crippen molar-refractivity contribution in [3.05, 3.63) is 70.8 Å². The van der Waals surface area contributed by atoms with Crippen LogP contribution in [0.5, 0.6) is 0 Å². The SMILES string of the molecule is CSCc1ccc(C(=O)NCc2ccccc2C[NH+](C)C)cc1. The zero-order valence-electron chi connectivity index (χ0n) is 14.1. The topological polar surface area (TPSA) is 33.5 Å². The molecule has 0 atom stereocenters. The number of hydrogen-bond acceptors (Lipinski definition) is 2. The first-order chi connectivity index (χ1) is 11.1. The molecule has 0 heterocycles. The summed E-state index contributed by atoms with van der Waals surface area (Å²) in [7, 11) is 4.26. The molecular formula is C19H25N2OS+. The van der Waals surface area contributed by atoms with Crippen molar-refractivity contribution in [1.29, 1.82) is 0 Å². The van der Waals surface area contributed by atoms with Gasteiger partial charge < -0.3 is 10.2 Å². The molecule has 2 aromatic rings. The van der Waals surface area contributed by atoms with E-state index in [2.05, 4.69) is 37.8 Å². The summed E-state index contributed by atoms with van der Waals surface area (Å²) in [4.78, 5) is 13.7. The highest BCUT2D eigenvalue weighted by Crippen LogP contribution is 2.11. The molecule has 122 valence electrons. The molecule has 0 fully saturated rings. The molecule has 0 aliphatic heterocycles. The van der Waals surface area contributed by atoms with E-state index in [-0.39, 0.29) is 5.91 Å². The third-order valence-electron chi connectivity index (χ3n) is 3.63. The lowest BCUT2D eigenvalue weighted by Crippen LogP contribution is -3.04. The Balaban J connectivity index is 1.99. The fraction of sp³-hybridized carbons (Fsp3) is 0.316. The van der Waals surface area contributed by atoms with Gasteiger partial charge in [0.15, 0.2) is 0 Å². The molecular weight excluding hydrogens is 304 g/mol. The van der Waals surface area contributed by atoms with E-state index in [1.165, 1.54) is 21.6 Å². The highest BCUT2D eigenvalue weighted by Gasteiger charge is 2.08. The molecule has 2 rings (SSSR count). The Hall–Kier alpha value is -1.78. The zero-order chi connectivity index (χ0) is 16.7. The monoisotopic (exact) mass is 329 g/mol. The Morgan fingerprint density at radius 2 is 1.70 bits per heavy atom. The van der Waals surface area contributed by atoms with Crippen LogP contribution in [0.15, 0.2) is 48.5 Å². The highest BCUT2D eigenvalue weighted by molar-refractivity contribution is 7.97. The maximum atomic E-state index is 12.3. The molecule has 0 aromatic heterocycles. The van der Waals surface area contributed by atoms with Crippen LogP contribution in [0.2, 0.25) is 0 Å². The highest BCUT2D eigenvalue weighted by atomic mass is 32.2. The van der Waals surface area contributed by atoms with Gasteiger partial charge >= 0.3 is 0 Å². The van der Waals surface area contributed by atoms with E-state index in [9.17, 15) is 4.79 Å². The summed E-state index contributed by atoms with van der Waals surface area (Å²) in [6.07, 6.45) is 2.08. The minimum atomic E-state index is -0.0206. The van der Waals surface area contributed by atoms with Gasteiger partial charge in [-0.25, -0.2) is 0 Å². The van der Waals surface area contributed by atoms with Crippen LogP contribution in [0.3, 0.4) is 0 Å². The number of carbonyl (C=O) groups excluding carboxylic acids is 1. The standard InChI is InChI=1S/C19H24N2OS/c1-21(2)13-18-7-5-4-6-17(18)12-20-19(22)16-10-8-15(9-11-16)14-23-3/h4-11H,12-14H2,1-3H3,(H,20,22)/p+1. The lowest BCUT2D eigenvalue weighted by atomic mass is 10.1. The van der Waals surface area contributed by atoms with Crippen molar-refractivity contribution in [2.24, 2.45) is 0 Å². The second kappa shape index (κ2) is 8.75. The molecule has 23 heavy (non-hydrogen) atoms. The van der Waals surface area contributed by atoms with E-state index in [0.717, 1.165) is 12.3 Å². The molecule has 4 heteroatoms. The Labute approximate surface area is 143 Å². The molecule has 0 saturated heterocycles. The van der Waals surface area contributed by atoms with E-state index in [1.807, 2.05) is 36.4 Å². The van der Waals surface area contributed by atoms with Gasteiger partial charge in [0.25, 0.3) is 5.91 Å². The summed E-state index contributed by atoms with van der Waals surface area (Å²) in [6.45, 7) is 1.52. The lowest BCUT2D eigenvalue weighted by Gasteiger charge is -2.13. The minimum Gasteiger partial charge on any atom is -0.348 e. The van der Waals surface area contributed by atoms with E-state index in [0.29, 0.717) is 12.1 Å². The van der Waals surface area contributed by atoms with Gasteiger partial charge in [0.2, 0.25) is 0 Å². The third-order valence-corrected chi connectivity index (χ3v) is 4.25. The van der Waals surface area contributed by atoms with Crippen molar-refractivity contribution >= 4 is 17.7 Å². The summed E-state index contributed by atoms with van der Waals surface area (Å²) in [5.74, 6) is 0.954. The van der Waals surface area contributed by atoms with E-state index < -0.39 is 0 Å². The Kier molecular flexibility index (Phi) is 6.68. The molecule has 2 N–H and O–H groups in total. The van der Waals surface area contributed by atoms with Gasteiger partial charge in [0.1, 0.15) is 6.54 Å². The van der Waals surface area contributed by atoms with Crippen LogP contribution >= 0.6 is 11.8 Å². The number of carbonyl (C=O) groups is 1. The molecule has 0 radical (unpaired) electrons. The zero-order valence-corrected chi connectivity index (χ0v) is 14.9. The molecule has 0 aliphatic carbocycles. The van der Waals surface area contributed by atoms with Crippen LogP contribution in [0, 0.1) is 0 Å². The first-order valence-corrected chi connectivity index (χ1v) is 9.21. The average molecular weight is 329 g/mol. The second-order valence-electron chi connectivity index (χ2n) is 5.97. The summed E-state index contributed by atoms with van der Waals surface area (Å²) in [5, 5.41) is 3.03. The Morgan fingerprint density at radius 3 is 2.30 bits per heavy atom. The van der Waals surface area contributed by atoms with Gasteiger partial charge in [0, 0.05) is 23.4 Å². The van der Waals surface area contributed by atoms with Gasteiger partial charge in [-0.15, -0.1) is 0 Å². The number of amides is 1. The number of thioether (sulfide) groups is 1. The van der Waals surface area contributed by atoms with Crippen LogP contribution in [-0.2, 0) is 18.8 Å². The van der Waals surface area contributed by atoms with E-state index >= 15 is 0 Å². The summed E-state index contributed by atoms with van der Waals surface area (Å²) in [6, 6.07) is 16.1. The van der Waals surface area contributed by atoms with Crippen molar-refractivity contribution in [2.75, 3.05) is 20.4 Å². The number of benzene rings is 2. The van der Waals surface area contributed by atoms with Crippen molar-refractivity contribution in [2.45, 2.75) is 18.8 Å². The predicted molar refractivity (Wildman–Crippen MR) is 97.8 cm³/mol. The van der Waals surface area contributed by atoms with Crippen molar-refractivity contribution in [1.82, 2.24) is 5.32 Å². The number of nitrogens with one attached hydrogen (secondary N) is 2.